The first kappa shape index (κ1) is 15.6. The largest absolute Gasteiger partial charge is 0.326 e. The molecule has 0 aromatic carbocycles. The summed E-state index contributed by atoms with van der Waals surface area (Å²) in [7, 11) is 0. The van der Waals surface area contributed by atoms with E-state index < -0.39 is 0 Å². The minimum absolute atomic E-state index is 0.0865. The van der Waals surface area contributed by atoms with E-state index in [0.29, 0.717) is 25.4 Å². The third-order valence-corrected chi connectivity index (χ3v) is 4.49. The lowest BCUT2D eigenvalue weighted by atomic mass is 9.96. The van der Waals surface area contributed by atoms with E-state index in [1.807, 2.05) is 0 Å². The van der Waals surface area contributed by atoms with Crippen LogP contribution < -0.4 is 21.3 Å². The van der Waals surface area contributed by atoms with Gasteiger partial charge in [0.05, 0.1) is 13.3 Å². The van der Waals surface area contributed by atoms with Gasteiger partial charge in [0.1, 0.15) is 0 Å². The van der Waals surface area contributed by atoms with Crippen molar-refractivity contribution < 1.29 is 4.79 Å². The summed E-state index contributed by atoms with van der Waals surface area (Å²) in [6, 6.07) is 1.09. The minimum atomic E-state index is -0.0865. The first-order valence-electron chi connectivity index (χ1n) is 8.33. The molecular formula is C15H30N4O. The Kier molecular flexibility index (Phi) is 7.15. The Morgan fingerprint density at radius 1 is 0.700 bits per heavy atom. The molecule has 2 aliphatic carbocycles. The lowest BCUT2D eigenvalue weighted by Gasteiger charge is -2.24. The fourth-order valence-corrected chi connectivity index (χ4v) is 3.23. The summed E-state index contributed by atoms with van der Waals surface area (Å²) in [5.74, 6) is 0. The summed E-state index contributed by atoms with van der Waals surface area (Å²) in [6.45, 7) is 1.14. The number of urea groups is 1. The van der Waals surface area contributed by atoms with Gasteiger partial charge in [-0.3, -0.25) is 10.6 Å². The maximum atomic E-state index is 11.6. The minimum Gasteiger partial charge on any atom is -0.326 e. The van der Waals surface area contributed by atoms with Crippen molar-refractivity contribution in [1.82, 2.24) is 21.3 Å². The number of carbonyl (C=O) groups is 1. The molecule has 0 heterocycles. The molecule has 2 saturated carbocycles. The van der Waals surface area contributed by atoms with E-state index >= 15 is 0 Å². The molecule has 5 nitrogen and oxygen atoms in total. The first-order valence-corrected chi connectivity index (χ1v) is 8.33. The van der Waals surface area contributed by atoms with Gasteiger partial charge >= 0.3 is 6.03 Å². The molecule has 0 atom stereocenters. The quantitative estimate of drug-likeness (QED) is 0.564. The van der Waals surface area contributed by atoms with Crippen LogP contribution in [-0.2, 0) is 0 Å². The van der Waals surface area contributed by atoms with Crippen molar-refractivity contribution in [1.29, 1.82) is 0 Å². The van der Waals surface area contributed by atoms with E-state index in [4.69, 9.17) is 0 Å². The summed E-state index contributed by atoms with van der Waals surface area (Å²) < 4.78 is 0. The van der Waals surface area contributed by atoms with Crippen LogP contribution in [0.5, 0.6) is 0 Å². The highest BCUT2D eigenvalue weighted by Gasteiger charge is 2.13. The van der Waals surface area contributed by atoms with Crippen LogP contribution in [0.4, 0.5) is 4.79 Å². The zero-order chi connectivity index (χ0) is 14.0. The van der Waals surface area contributed by atoms with Crippen LogP contribution in [0.15, 0.2) is 0 Å². The molecule has 0 spiro atoms. The molecule has 2 fully saturated rings. The molecule has 116 valence electrons. The second-order valence-electron chi connectivity index (χ2n) is 6.11. The van der Waals surface area contributed by atoms with E-state index in [2.05, 4.69) is 21.3 Å². The standard InChI is InChI=1S/C15H30N4O/c20-15(18-11-16-13-7-3-1-4-8-13)19-12-17-14-9-5-2-6-10-14/h13-14,16-17H,1-12H2,(H2,18,19,20). The zero-order valence-corrected chi connectivity index (χ0v) is 12.5. The second-order valence-corrected chi connectivity index (χ2v) is 6.11. The Bertz CT molecular complexity index is 247. The molecule has 5 heteroatoms. The number of carbonyl (C=O) groups excluding carboxylic acids is 1. The predicted molar refractivity (Wildman–Crippen MR) is 81.4 cm³/mol. The number of amides is 2. The molecule has 0 bridgehead atoms. The van der Waals surface area contributed by atoms with Gasteiger partial charge in [-0.2, -0.15) is 0 Å². The summed E-state index contributed by atoms with van der Waals surface area (Å²) in [6.07, 6.45) is 12.9. The van der Waals surface area contributed by atoms with Crippen LogP contribution in [0, 0.1) is 0 Å². The Hall–Kier alpha value is -0.810. The van der Waals surface area contributed by atoms with Crippen molar-refractivity contribution in [3.8, 4) is 0 Å². The second kappa shape index (κ2) is 9.19. The van der Waals surface area contributed by atoms with Crippen LogP contribution >= 0.6 is 0 Å². The summed E-state index contributed by atoms with van der Waals surface area (Å²) >= 11 is 0. The molecule has 2 aliphatic rings. The molecule has 0 unspecified atom stereocenters. The highest BCUT2D eigenvalue weighted by molar-refractivity contribution is 5.73. The number of nitrogens with one attached hydrogen (secondary N) is 4. The van der Waals surface area contributed by atoms with Crippen molar-refractivity contribution in [2.24, 2.45) is 0 Å². The average Bonchev–Trinajstić information content (AvgIpc) is 2.49. The van der Waals surface area contributed by atoms with E-state index in [0.717, 1.165) is 0 Å². The number of hydrogen-bond acceptors (Lipinski definition) is 3. The van der Waals surface area contributed by atoms with Gasteiger partial charge in [-0.05, 0) is 25.7 Å². The van der Waals surface area contributed by atoms with Crippen LogP contribution in [-0.4, -0.2) is 31.5 Å². The molecule has 0 aromatic heterocycles. The number of hydrogen-bond donors (Lipinski definition) is 4. The fraction of sp³-hybridized carbons (Fsp3) is 0.933. The summed E-state index contributed by atoms with van der Waals surface area (Å²) in [5.41, 5.74) is 0. The molecule has 2 rings (SSSR count). The molecule has 2 amide bonds. The fourth-order valence-electron chi connectivity index (χ4n) is 3.23. The van der Waals surface area contributed by atoms with Crippen molar-refractivity contribution in [2.45, 2.75) is 76.3 Å². The van der Waals surface area contributed by atoms with Gasteiger partial charge in [-0.15, -0.1) is 0 Å². The van der Waals surface area contributed by atoms with Crippen LogP contribution in [0.3, 0.4) is 0 Å². The van der Waals surface area contributed by atoms with Crippen LogP contribution in [0.25, 0.3) is 0 Å². The smallest absolute Gasteiger partial charge is 0.316 e. The Balaban J connectivity index is 1.45. The zero-order valence-electron chi connectivity index (χ0n) is 12.5. The van der Waals surface area contributed by atoms with Gasteiger partial charge in [-0.25, -0.2) is 4.79 Å². The highest BCUT2D eigenvalue weighted by atomic mass is 16.2. The van der Waals surface area contributed by atoms with Crippen molar-refractivity contribution >= 4 is 6.03 Å². The molecule has 4 N–H and O–H groups in total. The molecule has 0 radical (unpaired) electrons. The summed E-state index contributed by atoms with van der Waals surface area (Å²) in [4.78, 5) is 11.6. The van der Waals surface area contributed by atoms with Crippen molar-refractivity contribution in [3.63, 3.8) is 0 Å². The Labute approximate surface area is 122 Å². The van der Waals surface area contributed by atoms with Crippen LogP contribution in [0.1, 0.15) is 64.2 Å². The van der Waals surface area contributed by atoms with Gasteiger partial charge in [0.2, 0.25) is 0 Å². The maximum absolute atomic E-state index is 11.6. The van der Waals surface area contributed by atoms with Crippen molar-refractivity contribution in [2.75, 3.05) is 13.3 Å². The first-order chi connectivity index (χ1) is 9.84. The normalized spacial score (nSPS) is 21.6. The van der Waals surface area contributed by atoms with Gasteiger partial charge in [0.25, 0.3) is 0 Å². The van der Waals surface area contributed by atoms with Crippen LogP contribution in [0.2, 0.25) is 0 Å². The van der Waals surface area contributed by atoms with E-state index in [9.17, 15) is 4.79 Å². The van der Waals surface area contributed by atoms with E-state index in [1.165, 1.54) is 64.2 Å². The lowest BCUT2D eigenvalue weighted by molar-refractivity contribution is 0.236. The van der Waals surface area contributed by atoms with Gasteiger partial charge < -0.3 is 10.6 Å². The molecule has 0 aromatic rings. The maximum Gasteiger partial charge on any atom is 0.316 e. The highest BCUT2D eigenvalue weighted by Crippen LogP contribution is 2.17. The molecule has 20 heavy (non-hydrogen) atoms. The van der Waals surface area contributed by atoms with E-state index in [1.54, 1.807) is 0 Å². The van der Waals surface area contributed by atoms with Gasteiger partial charge in [0, 0.05) is 12.1 Å². The van der Waals surface area contributed by atoms with Crippen molar-refractivity contribution in [3.05, 3.63) is 0 Å². The SMILES string of the molecule is O=C(NCNC1CCCCC1)NCNC1CCCCC1. The monoisotopic (exact) mass is 282 g/mol. The average molecular weight is 282 g/mol. The van der Waals surface area contributed by atoms with Gasteiger partial charge in [0.15, 0.2) is 0 Å². The molecule has 0 aliphatic heterocycles. The third kappa shape index (κ3) is 6.09. The summed E-state index contributed by atoms with van der Waals surface area (Å²) in [5, 5.41) is 12.5. The lowest BCUT2D eigenvalue weighted by Crippen LogP contribution is -2.48. The predicted octanol–water partition coefficient (Wildman–Crippen LogP) is 2.05. The molecular weight excluding hydrogens is 252 g/mol. The Morgan fingerprint density at radius 3 is 1.50 bits per heavy atom. The van der Waals surface area contributed by atoms with Gasteiger partial charge in [-0.1, -0.05) is 38.5 Å². The topological polar surface area (TPSA) is 65.2 Å². The molecule has 0 saturated heterocycles. The Morgan fingerprint density at radius 2 is 1.10 bits per heavy atom. The third-order valence-electron chi connectivity index (χ3n) is 4.49. The van der Waals surface area contributed by atoms with E-state index in [-0.39, 0.29) is 6.03 Å². The number of rotatable bonds is 6.